The summed E-state index contributed by atoms with van der Waals surface area (Å²) in [6.45, 7) is 2.32. The summed E-state index contributed by atoms with van der Waals surface area (Å²) < 4.78 is 1.46. The van der Waals surface area contributed by atoms with E-state index in [1.807, 2.05) is 43.3 Å². The first-order valence-electron chi connectivity index (χ1n) is 8.55. The maximum absolute atomic E-state index is 12.3. The van der Waals surface area contributed by atoms with E-state index in [0.29, 0.717) is 12.4 Å². The topological polar surface area (TPSA) is 73.6 Å². The summed E-state index contributed by atoms with van der Waals surface area (Å²) in [5.41, 5.74) is 4.38. The Labute approximate surface area is 156 Å². The van der Waals surface area contributed by atoms with Crippen LogP contribution in [0.5, 0.6) is 0 Å². The number of hydrogen-bond donors (Lipinski definition) is 0. The van der Waals surface area contributed by atoms with E-state index in [0.717, 1.165) is 27.9 Å². The van der Waals surface area contributed by atoms with E-state index in [2.05, 4.69) is 20.1 Å². The molecular weight excluding hydrogens is 338 g/mol. The first kappa shape index (κ1) is 16.8. The summed E-state index contributed by atoms with van der Waals surface area (Å²) in [6.07, 6.45) is 6.99. The third kappa shape index (κ3) is 3.79. The smallest absolute Gasteiger partial charge is 0.267 e. The Morgan fingerprint density at radius 2 is 1.70 bits per heavy atom. The van der Waals surface area contributed by atoms with Crippen LogP contribution in [0.1, 0.15) is 11.1 Å². The fourth-order valence-corrected chi connectivity index (χ4v) is 2.76. The van der Waals surface area contributed by atoms with E-state index in [4.69, 9.17) is 0 Å². The zero-order valence-corrected chi connectivity index (χ0v) is 14.8. The van der Waals surface area contributed by atoms with Gasteiger partial charge in [-0.1, -0.05) is 18.2 Å². The molecule has 6 nitrogen and oxygen atoms in total. The molecule has 0 atom stereocenters. The van der Waals surface area contributed by atoms with Gasteiger partial charge in [-0.05, 0) is 42.3 Å². The van der Waals surface area contributed by atoms with Crippen LogP contribution in [0, 0.1) is 6.92 Å². The number of pyridine rings is 1. The Kier molecular flexibility index (Phi) is 4.53. The number of rotatable bonds is 4. The average Bonchev–Trinajstić information content (AvgIpc) is 2.71. The molecule has 0 aliphatic carbocycles. The highest BCUT2D eigenvalue weighted by atomic mass is 16.1. The molecule has 0 saturated heterocycles. The highest BCUT2D eigenvalue weighted by Gasteiger charge is 2.06. The Morgan fingerprint density at radius 3 is 2.48 bits per heavy atom. The van der Waals surface area contributed by atoms with Crippen molar-refractivity contribution in [1.82, 2.24) is 24.7 Å². The average molecular weight is 355 g/mol. The van der Waals surface area contributed by atoms with Crippen LogP contribution >= 0.6 is 0 Å². The van der Waals surface area contributed by atoms with Crippen LogP contribution in [0.15, 0.2) is 78.1 Å². The number of hydrogen-bond acceptors (Lipinski definition) is 5. The van der Waals surface area contributed by atoms with Crippen LogP contribution < -0.4 is 5.56 Å². The third-order valence-corrected chi connectivity index (χ3v) is 4.14. The molecule has 4 rings (SSSR count). The molecule has 4 aromatic rings. The van der Waals surface area contributed by atoms with Gasteiger partial charge in [-0.25, -0.2) is 14.6 Å². The van der Waals surface area contributed by atoms with Gasteiger partial charge in [0.15, 0.2) is 5.82 Å². The number of benzene rings is 1. The molecule has 0 fully saturated rings. The lowest BCUT2D eigenvalue weighted by Crippen LogP contribution is -2.22. The Bertz CT molecular complexity index is 1120. The van der Waals surface area contributed by atoms with Crippen LogP contribution in [0.25, 0.3) is 22.6 Å². The molecule has 0 radical (unpaired) electrons. The Balaban J connectivity index is 1.65. The largest absolute Gasteiger partial charge is 0.268 e. The van der Waals surface area contributed by atoms with Crippen molar-refractivity contribution in [2.45, 2.75) is 13.5 Å². The predicted molar refractivity (Wildman–Crippen MR) is 103 cm³/mol. The van der Waals surface area contributed by atoms with Crippen LogP contribution in [-0.2, 0) is 6.54 Å². The molecule has 0 N–H and O–H groups in total. The third-order valence-electron chi connectivity index (χ3n) is 4.14. The zero-order valence-electron chi connectivity index (χ0n) is 14.8. The van der Waals surface area contributed by atoms with Crippen LogP contribution in [0.4, 0.5) is 0 Å². The molecule has 0 saturated carbocycles. The van der Waals surface area contributed by atoms with Gasteiger partial charge in [0.25, 0.3) is 5.56 Å². The second-order valence-electron chi connectivity index (χ2n) is 6.23. The van der Waals surface area contributed by atoms with Crippen molar-refractivity contribution in [2.24, 2.45) is 0 Å². The summed E-state index contributed by atoms with van der Waals surface area (Å²) in [6, 6.07) is 14.8. The second-order valence-corrected chi connectivity index (χ2v) is 6.23. The molecule has 0 spiro atoms. The van der Waals surface area contributed by atoms with Gasteiger partial charge < -0.3 is 0 Å². The van der Waals surface area contributed by atoms with E-state index in [-0.39, 0.29) is 5.56 Å². The van der Waals surface area contributed by atoms with Gasteiger partial charge in [-0.3, -0.25) is 9.78 Å². The highest BCUT2D eigenvalue weighted by Crippen LogP contribution is 2.17. The molecule has 1 aromatic carbocycles. The van der Waals surface area contributed by atoms with Crippen molar-refractivity contribution in [3.63, 3.8) is 0 Å². The fraction of sp³-hybridized carbons (Fsp3) is 0.0952. The standard InChI is InChI=1S/C21H17N5O/c1-15-12-23-21(24-13-15)18-4-2-3-16(11-18)14-26-20(27)6-5-19(25-26)17-7-9-22-10-8-17/h2-13H,14H2,1H3. The van der Waals surface area contributed by atoms with Gasteiger partial charge in [0, 0.05) is 42.0 Å². The molecule has 6 heteroatoms. The fourth-order valence-electron chi connectivity index (χ4n) is 2.76. The van der Waals surface area contributed by atoms with Crippen molar-refractivity contribution in [3.8, 4) is 22.6 Å². The lowest BCUT2D eigenvalue weighted by Gasteiger charge is -2.08. The summed E-state index contributed by atoms with van der Waals surface area (Å²) in [4.78, 5) is 25.0. The van der Waals surface area contributed by atoms with E-state index in [1.165, 1.54) is 10.7 Å². The molecule has 0 aliphatic heterocycles. The van der Waals surface area contributed by atoms with E-state index < -0.39 is 0 Å². The summed E-state index contributed by atoms with van der Waals surface area (Å²) in [7, 11) is 0. The lowest BCUT2D eigenvalue weighted by atomic mass is 10.1. The van der Waals surface area contributed by atoms with Gasteiger partial charge in [0.05, 0.1) is 12.2 Å². The van der Waals surface area contributed by atoms with E-state index in [9.17, 15) is 4.79 Å². The lowest BCUT2D eigenvalue weighted by molar-refractivity contribution is 0.643. The van der Waals surface area contributed by atoms with Crippen molar-refractivity contribution in [1.29, 1.82) is 0 Å². The van der Waals surface area contributed by atoms with E-state index in [1.54, 1.807) is 30.9 Å². The van der Waals surface area contributed by atoms with Crippen LogP contribution in [0.2, 0.25) is 0 Å². The van der Waals surface area contributed by atoms with Gasteiger partial charge >= 0.3 is 0 Å². The SMILES string of the molecule is Cc1cnc(-c2cccc(Cn3nc(-c4ccncc4)ccc3=O)c2)nc1. The summed E-state index contributed by atoms with van der Waals surface area (Å²) in [5, 5.41) is 4.50. The first-order valence-corrected chi connectivity index (χ1v) is 8.55. The number of aromatic nitrogens is 5. The Hall–Kier alpha value is -3.67. The maximum atomic E-state index is 12.3. The quantitative estimate of drug-likeness (QED) is 0.562. The molecular formula is C21H17N5O. The van der Waals surface area contributed by atoms with E-state index >= 15 is 0 Å². The minimum absolute atomic E-state index is 0.148. The second kappa shape index (κ2) is 7.29. The first-order chi connectivity index (χ1) is 13.2. The molecule has 0 amide bonds. The molecule has 3 aromatic heterocycles. The minimum atomic E-state index is -0.148. The molecule has 0 bridgehead atoms. The number of aryl methyl sites for hydroxylation is 1. The zero-order chi connectivity index (χ0) is 18.6. The summed E-state index contributed by atoms with van der Waals surface area (Å²) in [5.74, 6) is 0.660. The molecule has 132 valence electrons. The number of nitrogens with zero attached hydrogens (tertiary/aromatic N) is 5. The van der Waals surface area contributed by atoms with Crippen molar-refractivity contribution in [2.75, 3.05) is 0 Å². The van der Waals surface area contributed by atoms with Gasteiger partial charge in [0.2, 0.25) is 0 Å². The van der Waals surface area contributed by atoms with Crippen molar-refractivity contribution in [3.05, 3.63) is 94.8 Å². The molecule has 3 heterocycles. The van der Waals surface area contributed by atoms with Gasteiger partial charge in [0.1, 0.15) is 0 Å². The molecule has 0 aliphatic rings. The minimum Gasteiger partial charge on any atom is -0.268 e. The van der Waals surface area contributed by atoms with Crippen molar-refractivity contribution < 1.29 is 0 Å². The maximum Gasteiger partial charge on any atom is 0.267 e. The Morgan fingerprint density at radius 1 is 0.926 bits per heavy atom. The molecule has 27 heavy (non-hydrogen) atoms. The van der Waals surface area contributed by atoms with Crippen molar-refractivity contribution >= 4 is 0 Å². The van der Waals surface area contributed by atoms with Crippen LogP contribution in [0.3, 0.4) is 0 Å². The predicted octanol–water partition coefficient (Wildman–Crippen LogP) is 3.12. The highest BCUT2D eigenvalue weighted by molar-refractivity contribution is 5.57. The summed E-state index contributed by atoms with van der Waals surface area (Å²) >= 11 is 0. The van der Waals surface area contributed by atoms with Gasteiger partial charge in [-0.2, -0.15) is 5.10 Å². The molecule has 0 unspecified atom stereocenters. The monoisotopic (exact) mass is 355 g/mol. The van der Waals surface area contributed by atoms with Crippen LogP contribution in [-0.4, -0.2) is 24.7 Å². The normalized spacial score (nSPS) is 10.7. The van der Waals surface area contributed by atoms with Gasteiger partial charge in [-0.15, -0.1) is 0 Å².